The van der Waals surface area contributed by atoms with Gasteiger partial charge in [-0.05, 0) is 47.5 Å². The molecule has 3 N–H and O–H groups in total. The van der Waals surface area contributed by atoms with Crippen molar-refractivity contribution in [1.82, 2.24) is 0 Å². The molecule has 0 aliphatic heterocycles. The van der Waals surface area contributed by atoms with Crippen LogP contribution in [0.2, 0.25) is 0 Å². The number of carbonyl (C=O) groups excluding carboxylic acids is 1. The Labute approximate surface area is 150 Å². The molecule has 0 bridgehead atoms. The van der Waals surface area contributed by atoms with E-state index >= 15 is 0 Å². The Balaban J connectivity index is 1.80. The van der Waals surface area contributed by atoms with Crippen LogP contribution in [-0.2, 0) is 0 Å². The molecule has 0 saturated carbocycles. The number of phenolic OH excluding ortho intramolecular Hbond substituents is 3. The van der Waals surface area contributed by atoms with E-state index in [1.165, 1.54) is 24.3 Å². The molecule has 5 heteroatoms. The van der Waals surface area contributed by atoms with Crippen LogP contribution >= 0.6 is 0 Å². The van der Waals surface area contributed by atoms with Gasteiger partial charge in [-0.2, -0.15) is 0 Å². The third-order valence-corrected chi connectivity index (χ3v) is 3.61. The molecule has 130 valence electrons. The second-order valence-electron chi connectivity index (χ2n) is 5.59. The average molecular weight is 348 g/mol. The molecule has 0 saturated heterocycles. The number of benzene rings is 3. The van der Waals surface area contributed by atoms with Gasteiger partial charge in [0.1, 0.15) is 28.6 Å². The molecule has 0 unspecified atom stereocenters. The van der Waals surface area contributed by atoms with E-state index in [2.05, 4.69) is 0 Å². The van der Waals surface area contributed by atoms with Gasteiger partial charge in [0.2, 0.25) is 0 Å². The minimum absolute atomic E-state index is 0.0389. The summed E-state index contributed by atoms with van der Waals surface area (Å²) in [5.74, 6) is -0.619. The van der Waals surface area contributed by atoms with E-state index in [4.69, 9.17) is 4.74 Å². The summed E-state index contributed by atoms with van der Waals surface area (Å²) in [4.78, 5) is 12.2. The van der Waals surface area contributed by atoms with Crippen molar-refractivity contribution in [2.24, 2.45) is 0 Å². The van der Waals surface area contributed by atoms with Gasteiger partial charge in [-0.1, -0.05) is 36.4 Å². The lowest BCUT2D eigenvalue weighted by atomic mass is 10.1. The molecule has 0 aliphatic carbocycles. The van der Waals surface area contributed by atoms with E-state index in [0.29, 0.717) is 5.56 Å². The number of rotatable bonds is 4. The number of hydrogen-bond donors (Lipinski definition) is 3. The summed E-state index contributed by atoms with van der Waals surface area (Å²) in [6.45, 7) is 0. The number of phenols is 3. The second kappa shape index (κ2) is 7.44. The number of para-hydroxylation sites is 1. The highest BCUT2D eigenvalue weighted by atomic mass is 16.5. The van der Waals surface area contributed by atoms with Crippen molar-refractivity contribution in [3.63, 3.8) is 0 Å². The predicted molar refractivity (Wildman–Crippen MR) is 98.2 cm³/mol. The maximum atomic E-state index is 12.2. The van der Waals surface area contributed by atoms with Gasteiger partial charge in [0.05, 0.1) is 0 Å². The molecule has 0 atom stereocenters. The van der Waals surface area contributed by atoms with Crippen molar-refractivity contribution >= 4 is 18.1 Å². The predicted octanol–water partition coefficient (Wildman–Crippen LogP) is 4.19. The standard InChI is InChI=1S/C21H16O5/c22-16-9-7-14(8-10-16)5-6-15-11-17(23)13-18(12-15)26-21(25)19-3-1-2-4-20(19)24/h1-13,22-24H/b6-5+. The first-order valence-corrected chi connectivity index (χ1v) is 7.82. The first kappa shape index (κ1) is 17.1. The number of carbonyl (C=O) groups is 1. The second-order valence-corrected chi connectivity index (χ2v) is 5.59. The van der Waals surface area contributed by atoms with Gasteiger partial charge in [-0.25, -0.2) is 4.79 Å². The molecule has 0 spiro atoms. The summed E-state index contributed by atoms with van der Waals surface area (Å²) in [7, 11) is 0. The van der Waals surface area contributed by atoms with Crippen LogP contribution in [0.1, 0.15) is 21.5 Å². The van der Waals surface area contributed by atoms with Crippen molar-refractivity contribution in [2.75, 3.05) is 0 Å². The Bertz CT molecular complexity index is 958. The fourth-order valence-electron chi connectivity index (χ4n) is 2.35. The van der Waals surface area contributed by atoms with Crippen LogP contribution in [0.25, 0.3) is 12.2 Å². The van der Waals surface area contributed by atoms with Crippen LogP contribution in [0.4, 0.5) is 0 Å². The van der Waals surface area contributed by atoms with Crippen LogP contribution in [-0.4, -0.2) is 21.3 Å². The van der Waals surface area contributed by atoms with E-state index in [9.17, 15) is 20.1 Å². The van der Waals surface area contributed by atoms with Crippen LogP contribution < -0.4 is 4.74 Å². The third-order valence-electron chi connectivity index (χ3n) is 3.61. The summed E-state index contributed by atoms with van der Waals surface area (Å²) >= 11 is 0. The Kier molecular flexibility index (Phi) is 4.90. The molecule has 0 fully saturated rings. The van der Waals surface area contributed by atoms with E-state index in [-0.39, 0.29) is 28.6 Å². The lowest BCUT2D eigenvalue weighted by Crippen LogP contribution is -2.08. The molecule has 0 aromatic heterocycles. The van der Waals surface area contributed by atoms with Crippen molar-refractivity contribution < 1.29 is 24.9 Å². The third kappa shape index (κ3) is 4.21. The number of esters is 1. The zero-order valence-electron chi connectivity index (χ0n) is 13.7. The zero-order chi connectivity index (χ0) is 18.5. The fraction of sp³-hybridized carbons (Fsp3) is 0. The SMILES string of the molecule is O=C(Oc1cc(O)cc(/C=C/c2ccc(O)cc2)c1)c1ccccc1O. The molecule has 3 aromatic rings. The fourth-order valence-corrected chi connectivity index (χ4v) is 2.35. The molecule has 0 heterocycles. The first-order chi connectivity index (χ1) is 12.5. The van der Waals surface area contributed by atoms with Gasteiger partial charge in [-0.3, -0.25) is 0 Å². The molecule has 0 radical (unpaired) electrons. The highest BCUT2D eigenvalue weighted by Gasteiger charge is 2.13. The van der Waals surface area contributed by atoms with Gasteiger partial charge in [-0.15, -0.1) is 0 Å². The van der Waals surface area contributed by atoms with Crippen molar-refractivity contribution in [3.8, 4) is 23.0 Å². The zero-order valence-corrected chi connectivity index (χ0v) is 13.7. The van der Waals surface area contributed by atoms with E-state index in [1.54, 1.807) is 54.6 Å². The molecule has 5 nitrogen and oxygen atoms in total. The van der Waals surface area contributed by atoms with Crippen molar-refractivity contribution in [1.29, 1.82) is 0 Å². The highest BCUT2D eigenvalue weighted by molar-refractivity contribution is 5.93. The van der Waals surface area contributed by atoms with Crippen LogP contribution in [0.15, 0.2) is 66.7 Å². The number of aromatic hydroxyl groups is 3. The normalized spacial score (nSPS) is 10.8. The molecule has 3 aromatic carbocycles. The minimum Gasteiger partial charge on any atom is -0.508 e. The van der Waals surface area contributed by atoms with Gasteiger partial charge in [0, 0.05) is 6.07 Å². The minimum atomic E-state index is -0.720. The van der Waals surface area contributed by atoms with Crippen LogP contribution in [0.5, 0.6) is 23.0 Å². The maximum Gasteiger partial charge on any atom is 0.347 e. The summed E-state index contributed by atoms with van der Waals surface area (Å²) in [5, 5.41) is 28.9. The highest BCUT2D eigenvalue weighted by Crippen LogP contribution is 2.25. The van der Waals surface area contributed by atoms with Crippen LogP contribution in [0.3, 0.4) is 0 Å². The van der Waals surface area contributed by atoms with Crippen molar-refractivity contribution in [2.45, 2.75) is 0 Å². The largest absolute Gasteiger partial charge is 0.508 e. The number of ether oxygens (including phenoxy) is 1. The monoisotopic (exact) mass is 348 g/mol. The molecule has 0 amide bonds. The van der Waals surface area contributed by atoms with Crippen LogP contribution in [0, 0.1) is 0 Å². The summed E-state index contributed by atoms with van der Waals surface area (Å²) < 4.78 is 5.24. The number of hydrogen-bond acceptors (Lipinski definition) is 5. The smallest absolute Gasteiger partial charge is 0.347 e. The summed E-state index contributed by atoms with van der Waals surface area (Å²) in [6.07, 6.45) is 3.53. The quantitative estimate of drug-likeness (QED) is 0.374. The van der Waals surface area contributed by atoms with Gasteiger partial charge < -0.3 is 20.1 Å². The average Bonchev–Trinajstić information content (AvgIpc) is 2.61. The Morgan fingerprint density at radius 3 is 2.19 bits per heavy atom. The Morgan fingerprint density at radius 2 is 1.46 bits per heavy atom. The Hall–Kier alpha value is -3.73. The molecule has 0 aliphatic rings. The molecular weight excluding hydrogens is 332 g/mol. The van der Waals surface area contributed by atoms with E-state index in [1.807, 2.05) is 0 Å². The first-order valence-electron chi connectivity index (χ1n) is 7.82. The lowest BCUT2D eigenvalue weighted by molar-refractivity contribution is 0.0731. The Morgan fingerprint density at radius 1 is 0.769 bits per heavy atom. The molecular formula is C21H16O5. The van der Waals surface area contributed by atoms with Gasteiger partial charge in [0.25, 0.3) is 0 Å². The van der Waals surface area contributed by atoms with E-state index in [0.717, 1.165) is 5.56 Å². The van der Waals surface area contributed by atoms with Gasteiger partial charge >= 0.3 is 5.97 Å². The topological polar surface area (TPSA) is 87.0 Å². The lowest BCUT2D eigenvalue weighted by Gasteiger charge is -2.07. The summed E-state index contributed by atoms with van der Waals surface area (Å²) in [5.41, 5.74) is 1.52. The van der Waals surface area contributed by atoms with Gasteiger partial charge in [0.15, 0.2) is 0 Å². The molecule has 3 rings (SSSR count). The maximum absolute atomic E-state index is 12.2. The van der Waals surface area contributed by atoms with Crippen molar-refractivity contribution in [3.05, 3.63) is 83.4 Å². The molecule has 26 heavy (non-hydrogen) atoms. The summed E-state index contributed by atoms with van der Waals surface area (Å²) in [6, 6.07) is 17.1. The van der Waals surface area contributed by atoms with E-state index < -0.39 is 5.97 Å².